The van der Waals surface area contributed by atoms with E-state index in [2.05, 4.69) is 16.8 Å². The predicted octanol–water partition coefficient (Wildman–Crippen LogP) is 3.27. The summed E-state index contributed by atoms with van der Waals surface area (Å²) < 4.78 is 12.9. The number of rotatable bonds is 1. The summed E-state index contributed by atoms with van der Waals surface area (Å²) in [5.74, 6) is 6.28. The average molecular weight is 323 g/mol. The van der Waals surface area contributed by atoms with Crippen molar-refractivity contribution in [3.63, 3.8) is 0 Å². The molecule has 1 aromatic carbocycles. The fourth-order valence-electron chi connectivity index (χ4n) is 2.48. The number of hydrogen-bond acceptors (Lipinski definition) is 2. The molecule has 0 N–H and O–H groups in total. The molecule has 0 atom stereocenters. The summed E-state index contributed by atoms with van der Waals surface area (Å²) >= 11 is 0. The van der Waals surface area contributed by atoms with Crippen LogP contribution in [0.3, 0.4) is 0 Å². The van der Waals surface area contributed by atoms with E-state index in [4.69, 9.17) is 0 Å². The van der Waals surface area contributed by atoms with Crippen molar-refractivity contribution in [1.29, 1.82) is 0 Å². The zero-order valence-corrected chi connectivity index (χ0v) is 13.9. The molecule has 0 aliphatic carbocycles. The molecule has 24 heavy (non-hydrogen) atoms. The number of likely N-dealkylation sites (N-methyl/N-ethyl adjacent to an activating group) is 1. The first-order valence-corrected chi connectivity index (χ1v) is 7.66. The van der Waals surface area contributed by atoms with Crippen LogP contribution in [0.2, 0.25) is 0 Å². The van der Waals surface area contributed by atoms with Gasteiger partial charge in [0.05, 0.1) is 12.1 Å². The van der Waals surface area contributed by atoms with Gasteiger partial charge in [0.15, 0.2) is 0 Å². The molecule has 4 nitrogen and oxygen atoms in total. The zero-order chi connectivity index (χ0) is 17.3. The van der Waals surface area contributed by atoms with E-state index in [1.54, 1.807) is 41.2 Å². The molecular formula is C19H18FN3O. The molecule has 1 aliphatic rings. The molecule has 1 aliphatic heterocycles. The van der Waals surface area contributed by atoms with Crippen molar-refractivity contribution in [2.75, 3.05) is 18.5 Å². The molecule has 3 rings (SSSR count). The van der Waals surface area contributed by atoms with Gasteiger partial charge in [-0.05, 0) is 50.2 Å². The second-order valence-electron chi connectivity index (χ2n) is 6.40. The first kappa shape index (κ1) is 16.0. The maximum absolute atomic E-state index is 12.9. The lowest BCUT2D eigenvalue weighted by Gasteiger charge is -2.24. The molecule has 122 valence electrons. The Hall–Kier alpha value is -2.87. The molecule has 0 bridgehead atoms. The van der Waals surface area contributed by atoms with Crippen LogP contribution in [-0.4, -0.2) is 35.0 Å². The minimum atomic E-state index is -0.283. The largest absolute Gasteiger partial charge is 0.325 e. The Kier molecular flexibility index (Phi) is 3.98. The molecule has 1 saturated heterocycles. The second-order valence-corrected chi connectivity index (χ2v) is 6.40. The standard InChI is InChI=1S/C19H18FN3O/c1-19(2)13-23(18(24)22(19)3)17-11-8-15(12-21-17)5-4-14-6-9-16(20)10-7-14/h6-12H,13H2,1-3H3. The van der Waals surface area contributed by atoms with Crippen LogP contribution in [-0.2, 0) is 0 Å². The Morgan fingerprint density at radius 2 is 1.71 bits per heavy atom. The maximum atomic E-state index is 12.9. The molecule has 1 fully saturated rings. The average Bonchev–Trinajstić information content (AvgIpc) is 2.78. The Bertz CT molecular complexity index is 816. The molecule has 2 heterocycles. The minimum Gasteiger partial charge on any atom is -0.320 e. The monoisotopic (exact) mass is 323 g/mol. The van der Waals surface area contributed by atoms with Gasteiger partial charge >= 0.3 is 6.03 Å². The van der Waals surface area contributed by atoms with Gasteiger partial charge in [0.25, 0.3) is 0 Å². The summed E-state index contributed by atoms with van der Waals surface area (Å²) in [6.07, 6.45) is 1.64. The summed E-state index contributed by atoms with van der Waals surface area (Å²) in [6, 6.07) is 9.58. The molecule has 1 aromatic heterocycles. The van der Waals surface area contributed by atoms with E-state index in [0.29, 0.717) is 12.4 Å². The number of benzene rings is 1. The Morgan fingerprint density at radius 1 is 1.08 bits per heavy atom. The number of amides is 2. The quantitative estimate of drug-likeness (QED) is 0.755. The third-order valence-electron chi connectivity index (χ3n) is 4.19. The van der Waals surface area contributed by atoms with Gasteiger partial charge < -0.3 is 4.90 Å². The van der Waals surface area contributed by atoms with E-state index < -0.39 is 0 Å². The summed E-state index contributed by atoms with van der Waals surface area (Å²) in [6.45, 7) is 4.64. The molecule has 0 unspecified atom stereocenters. The van der Waals surface area contributed by atoms with Gasteiger partial charge in [-0.3, -0.25) is 4.90 Å². The van der Waals surface area contributed by atoms with E-state index >= 15 is 0 Å². The number of carbonyl (C=O) groups is 1. The van der Waals surface area contributed by atoms with Gasteiger partial charge in [-0.25, -0.2) is 14.2 Å². The number of halogens is 1. The van der Waals surface area contributed by atoms with Gasteiger partial charge in [-0.1, -0.05) is 11.8 Å². The topological polar surface area (TPSA) is 36.4 Å². The van der Waals surface area contributed by atoms with Crippen LogP contribution in [0.15, 0.2) is 42.6 Å². The minimum absolute atomic E-state index is 0.0577. The van der Waals surface area contributed by atoms with Gasteiger partial charge in [-0.15, -0.1) is 0 Å². The molecule has 0 radical (unpaired) electrons. The van der Waals surface area contributed by atoms with Crippen LogP contribution in [0.1, 0.15) is 25.0 Å². The lowest BCUT2D eigenvalue weighted by atomic mass is 10.1. The van der Waals surface area contributed by atoms with Gasteiger partial charge in [0, 0.05) is 24.4 Å². The maximum Gasteiger partial charge on any atom is 0.325 e. The third-order valence-corrected chi connectivity index (χ3v) is 4.19. The van der Waals surface area contributed by atoms with Crippen molar-refractivity contribution in [2.45, 2.75) is 19.4 Å². The van der Waals surface area contributed by atoms with Gasteiger partial charge in [0.1, 0.15) is 11.6 Å². The zero-order valence-electron chi connectivity index (χ0n) is 13.9. The fraction of sp³-hybridized carbons (Fsp3) is 0.263. The summed E-state index contributed by atoms with van der Waals surface area (Å²) in [4.78, 5) is 20.0. The molecule has 5 heteroatoms. The van der Waals surface area contributed by atoms with Crippen LogP contribution >= 0.6 is 0 Å². The number of anilines is 1. The molecular weight excluding hydrogens is 305 g/mol. The van der Waals surface area contributed by atoms with Gasteiger partial charge in [-0.2, -0.15) is 0 Å². The smallest absolute Gasteiger partial charge is 0.320 e. The lowest BCUT2D eigenvalue weighted by Crippen LogP contribution is -2.38. The highest BCUT2D eigenvalue weighted by molar-refractivity contribution is 5.94. The van der Waals surface area contributed by atoms with Crippen molar-refractivity contribution >= 4 is 11.8 Å². The normalized spacial score (nSPS) is 16.1. The third kappa shape index (κ3) is 3.09. The predicted molar refractivity (Wildman–Crippen MR) is 91.2 cm³/mol. The second kappa shape index (κ2) is 5.97. The number of urea groups is 1. The van der Waals surface area contributed by atoms with Crippen molar-refractivity contribution in [3.05, 3.63) is 59.5 Å². The number of aromatic nitrogens is 1. The molecule has 0 spiro atoms. The van der Waals surface area contributed by atoms with E-state index in [0.717, 1.165) is 11.1 Å². The number of nitrogens with zero attached hydrogens (tertiary/aromatic N) is 3. The molecule has 0 saturated carbocycles. The van der Waals surface area contributed by atoms with Crippen molar-refractivity contribution in [3.8, 4) is 11.8 Å². The molecule has 2 amide bonds. The van der Waals surface area contributed by atoms with E-state index in [9.17, 15) is 9.18 Å². The Morgan fingerprint density at radius 3 is 2.25 bits per heavy atom. The molecule has 2 aromatic rings. The highest BCUT2D eigenvalue weighted by Gasteiger charge is 2.41. The summed E-state index contributed by atoms with van der Waals surface area (Å²) in [7, 11) is 1.80. The summed E-state index contributed by atoms with van der Waals surface area (Å²) in [5, 5.41) is 0. The van der Waals surface area contributed by atoms with Crippen LogP contribution in [0.5, 0.6) is 0 Å². The number of hydrogen-bond donors (Lipinski definition) is 0. The van der Waals surface area contributed by atoms with Gasteiger partial charge in [0.2, 0.25) is 0 Å². The van der Waals surface area contributed by atoms with Crippen molar-refractivity contribution in [2.24, 2.45) is 0 Å². The Balaban J connectivity index is 1.77. The number of carbonyl (C=O) groups excluding carboxylic acids is 1. The van der Waals surface area contributed by atoms with Crippen LogP contribution in [0, 0.1) is 17.7 Å². The number of pyridine rings is 1. The first-order valence-electron chi connectivity index (χ1n) is 7.66. The highest BCUT2D eigenvalue weighted by Crippen LogP contribution is 2.27. The van der Waals surface area contributed by atoms with Crippen LogP contribution in [0.4, 0.5) is 15.0 Å². The first-order chi connectivity index (χ1) is 11.4. The fourth-order valence-corrected chi connectivity index (χ4v) is 2.48. The van der Waals surface area contributed by atoms with Crippen molar-refractivity contribution in [1.82, 2.24) is 9.88 Å². The Labute approximate surface area is 140 Å². The van der Waals surface area contributed by atoms with E-state index in [1.807, 2.05) is 19.9 Å². The van der Waals surface area contributed by atoms with Crippen LogP contribution < -0.4 is 4.90 Å². The van der Waals surface area contributed by atoms with Crippen LogP contribution in [0.25, 0.3) is 0 Å². The SMILES string of the molecule is CN1C(=O)N(c2ccc(C#Cc3ccc(F)cc3)cn2)CC1(C)C. The lowest BCUT2D eigenvalue weighted by molar-refractivity contribution is 0.198. The van der Waals surface area contributed by atoms with E-state index in [-0.39, 0.29) is 17.4 Å². The summed E-state index contributed by atoms with van der Waals surface area (Å²) in [5.41, 5.74) is 1.25. The van der Waals surface area contributed by atoms with E-state index in [1.165, 1.54) is 12.1 Å². The van der Waals surface area contributed by atoms with Crippen molar-refractivity contribution < 1.29 is 9.18 Å². The highest BCUT2D eigenvalue weighted by atomic mass is 19.1.